The minimum atomic E-state index is -0.612. The lowest BCUT2D eigenvalue weighted by molar-refractivity contribution is 0.152. The molecule has 0 aromatic heterocycles. The second-order valence-corrected chi connectivity index (χ2v) is 7.87. The Morgan fingerprint density at radius 2 is 1.62 bits per heavy atom. The summed E-state index contributed by atoms with van der Waals surface area (Å²) in [6.45, 7) is 22.8. The van der Waals surface area contributed by atoms with Crippen LogP contribution in [0.2, 0.25) is 0 Å². The Balaban J connectivity index is 0.000000412. The molecule has 0 aliphatic carbocycles. The van der Waals surface area contributed by atoms with Crippen molar-refractivity contribution in [3.05, 3.63) is 23.3 Å². The zero-order valence-corrected chi connectivity index (χ0v) is 18.3. The number of benzene rings is 1. The van der Waals surface area contributed by atoms with Gasteiger partial charge in [0.1, 0.15) is 11.5 Å². The molecular weight excluding hydrogens is 325 g/mol. The molecule has 0 saturated heterocycles. The van der Waals surface area contributed by atoms with Crippen molar-refractivity contribution in [1.29, 1.82) is 0 Å². The SMILES string of the molecule is CCC(C)OB1Oc2cc(C(C)(C)C)cc(C)c2O1.CCN(CC)CC. The van der Waals surface area contributed by atoms with Crippen molar-refractivity contribution in [1.82, 2.24) is 4.90 Å². The second kappa shape index (κ2) is 10.2. The first-order chi connectivity index (χ1) is 12.2. The number of nitrogens with zero attached hydrogens (tertiary/aromatic N) is 1. The molecule has 0 N–H and O–H groups in total. The van der Waals surface area contributed by atoms with Crippen LogP contribution in [0.4, 0.5) is 0 Å². The van der Waals surface area contributed by atoms with Crippen LogP contribution in [0.5, 0.6) is 11.5 Å². The van der Waals surface area contributed by atoms with Crippen molar-refractivity contribution in [2.45, 2.75) is 80.3 Å². The first-order valence-electron chi connectivity index (χ1n) is 10.0. The van der Waals surface area contributed by atoms with E-state index in [-0.39, 0.29) is 11.5 Å². The van der Waals surface area contributed by atoms with E-state index in [0.29, 0.717) is 0 Å². The summed E-state index contributed by atoms with van der Waals surface area (Å²) in [7, 11) is -0.612. The Morgan fingerprint density at radius 3 is 2.04 bits per heavy atom. The Hall–Kier alpha value is -1.20. The minimum absolute atomic E-state index is 0.0960. The van der Waals surface area contributed by atoms with E-state index in [0.717, 1.165) is 23.5 Å². The van der Waals surface area contributed by atoms with Gasteiger partial charge in [-0.1, -0.05) is 54.5 Å². The van der Waals surface area contributed by atoms with E-state index in [1.807, 2.05) is 13.8 Å². The van der Waals surface area contributed by atoms with Crippen LogP contribution in [0, 0.1) is 6.92 Å². The monoisotopic (exact) mass is 363 g/mol. The molecule has 2 rings (SSSR count). The normalized spacial score (nSPS) is 14.3. The zero-order chi connectivity index (χ0) is 19.9. The fraction of sp³-hybridized carbons (Fsp3) is 0.714. The lowest BCUT2D eigenvalue weighted by Gasteiger charge is -2.20. The molecule has 0 spiro atoms. The topological polar surface area (TPSA) is 30.9 Å². The van der Waals surface area contributed by atoms with Crippen LogP contribution in [0.3, 0.4) is 0 Å². The van der Waals surface area contributed by atoms with Crippen LogP contribution in [0.25, 0.3) is 0 Å². The molecule has 0 bridgehead atoms. The van der Waals surface area contributed by atoms with E-state index >= 15 is 0 Å². The van der Waals surface area contributed by atoms with E-state index in [1.165, 1.54) is 25.2 Å². The van der Waals surface area contributed by atoms with Gasteiger partial charge in [0.25, 0.3) is 0 Å². The zero-order valence-electron chi connectivity index (χ0n) is 18.3. The molecule has 1 aliphatic rings. The molecule has 148 valence electrons. The van der Waals surface area contributed by atoms with Crippen molar-refractivity contribution >= 4 is 7.32 Å². The van der Waals surface area contributed by atoms with Gasteiger partial charge in [-0.05, 0) is 62.5 Å². The first kappa shape index (κ1) is 22.8. The van der Waals surface area contributed by atoms with Crippen LogP contribution >= 0.6 is 0 Å². The molecule has 1 heterocycles. The van der Waals surface area contributed by atoms with Gasteiger partial charge < -0.3 is 18.9 Å². The molecule has 0 radical (unpaired) electrons. The third kappa shape index (κ3) is 6.51. The molecule has 0 fully saturated rings. The second-order valence-electron chi connectivity index (χ2n) is 7.87. The van der Waals surface area contributed by atoms with Crippen LogP contribution in [0.15, 0.2) is 12.1 Å². The number of rotatable bonds is 6. The van der Waals surface area contributed by atoms with Crippen molar-refractivity contribution in [2.75, 3.05) is 19.6 Å². The van der Waals surface area contributed by atoms with Crippen molar-refractivity contribution in [2.24, 2.45) is 0 Å². The van der Waals surface area contributed by atoms with Gasteiger partial charge in [-0.3, -0.25) is 0 Å². The number of hydrogen-bond acceptors (Lipinski definition) is 4. The maximum absolute atomic E-state index is 5.75. The van der Waals surface area contributed by atoms with E-state index < -0.39 is 7.32 Å². The molecular formula is C21H38BNO3. The fourth-order valence-electron chi connectivity index (χ4n) is 2.65. The molecule has 1 unspecified atom stereocenters. The highest BCUT2D eigenvalue weighted by molar-refractivity contribution is 6.40. The number of aryl methyl sites for hydroxylation is 1. The smallest absolute Gasteiger partial charge is 0.498 e. The molecule has 4 nitrogen and oxygen atoms in total. The third-order valence-corrected chi connectivity index (χ3v) is 4.80. The molecule has 1 aliphatic heterocycles. The summed E-state index contributed by atoms with van der Waals surface area (Å²) in [6, 6.07) is 4.22. The lowest BCUT2D eigenvalue weighted by atomic mass is 9.86. The standard InChI is InChI=1S/C15H23BO3.C6H15N/c1-7-11(3)17-16-18-13-9-12(15(4,5)6)8-10(2)14(13)19-16;1-4-7(5-2)6-3/h8-9,11H,7H2,1-6H3;4-6H2,1-3H3. The minimum Gasteiger partial charge on any atom is -0.498 e. The fourth-order valence-corrected chi connectivity index (χ4v) is 2.65. The predicted molar refractivity (Wildman–Crippen MR) is 111 cm³/mol. The molecule has 1 atom stereocenters. The quantitative estimate of drug-likeness (QED) is 0.649. The highest BCUT2D eigenvalue weighted by atomic mass is 16.8. The first-order valence-corrected chi connectivity index (χ1v) is 10.0. The molecule has 0 amide bonds. The average Bonchev–Trinajstić information content (AvgIpc) is 2.99. The van der Waals surface area contributed by atoms with Crippen molar-refractivity contribution in [3.8, 4) is 11.5 Å². The van der Waals surface area contributed by atoms with Gasteiger partial charge in [0.05, 0.1) is 0 Å². The van der Waals surface area contributed by atoms with Gasteiger partial charge in [-0.25, -0.2) is 0 Å². The van der Waals surface area contributed by atoms with Gasteiger partial charge in [0, 0.05) is 6.10 Å². The van der Waals surface area contributed by atoms with Gasteiger partial charge in [-0.2, -0.15) is 0 Å². The van der Waals surface area contributed by atoms with Crippen LogP contribution < -0.4 is 9.31 Å². The number of hydrogen-bond donors (Lipinski definition) is 0. The summed E-state index contributed by atoms with van der Waals surface area (Å²) in [5, 5.41) is 0. The molecule has 1 aromatic rings. The highest BCUT2D eigenvalue weighted by Crippen LogP contribution is 2.40. The Bertz CT molecular complexity index is 547. The Morgan fingerprint density at radius 1 is 1.04 bits per heavy atom. The van der Waals surface area contributed by atoms with E-state index in [1.54, 1.807) is 0 Å². The largest absolute Gasteiger partial charge is 0.788 e. The average molecular weight is 363 g/mol. The number of fused-ring (bicyclic) bond motifs is 1. The van der Waals surface area contributed by atoms with Crippen molar-refractivity contribution < 1.29 is 14.0 Å². The maximum Gasteiger partial charge on any atom is 0.788 e. The molecule has 5 heteroatoms. The summed E-state index contributed by atoms with van der Waals surface area (Å²) in [4.78, 5) is 2.38. The van der Waals surface area contributed by atoms with Crippen LogP contribution in [-0.2, 0) is 10.1 Å². The predicted octanol–water partition coefficient (Wildman–Crippen LogP) is 5.21. The van der Waals surface area contributed by atoms with Gasteiger partial charge in [0.2, 0.25) is 0 Å². The van der Waals surface area contributed by atoms with Gasteiger partial charge in [-0.15, -0.1) is 0 Å². The van der Waals surface area contributed by atoms with Crippen LogP contribution in [0.1, 0.15) is 72.9 Å². The molecule has 26 heavy (non-hydrogen) atoms. The van der Waals surface area contributed by atoms with Gasteiger partial charge in [0.15, 0.2) is 0 Å². The van der Waals surface area contributed by atoms with Crippen LogP contribution in [-0.4, -0.2) is 38.0 Å². The summed E-state index contributed by atoms with van der Waals surface area (Å²) in [5.74, 6) is 1.60. The molecule has 0 saturated carbocycles. The summed E-state index contributed by atoms with van der Waals surface area (Å²) in [6.07, 6.45) is 1.06. The summed E-state index contributed by atoms with van der Waals surface area (Å²) < 4.78 is 17.2. The van der Waals surface area contributed by atoms with Gasteiger partial charge >= 0.3 is 7.32 Å². The highest BCUT2D eigenvalue weighted by Gasteiger charge is 2.38. The van der Waals surface area contributed by atoms with E-state index in [2.05, 4.69) is 65.5 Å². The molecule has 1 aromatic carbocycles. The summed E-state index contributed by atoms with van der Waals surface area (Å²) >= 11 is 0. The maximum atomic E-state index is 5.75. The third-order valence-electron chi connectivity index (χ3n) is 4.80. The van der Waals surface area contributed by atoms with E-state index in [9.17, 15) is 0 Å². The lowest BCUT2D eigenvalue weighted by Crippen LogP contribution is -2.32. The Kier molecular flexibility index (Phi) is 8.98. The Labute approximate surface area is 161 Å². The van der Waals surface area contributed by atoms with E-state index in [4.69, 9.17) is 14.0 Å². The van der Waals surface area contributed by atoms with Crippen molar-refractivity contribution in [3.63, 3.8) is 0 Å². The summed E-state index contributed by atoms with van der Waals surface area (Å²) in [5.41, 5.74) is 2.44.